The minimum absolute atomic E-state index is 0.306. The Labute approximate surface area is 99.7 Å². The fraction of sp³-hybridized carbons (Fsp3) is 0.364. The molecule has 0 aliphatic heterocycles. The number of rotatable bonds is 5. The zero-order valence-corrected chi connectivity index (χ0v) is 9.92. The average molecular weight is 233 g/mol. The van der Waals surface area contributed by atoms with Gasteiger partial charge < -0.3 is 10.1 Å². The Bertz CT molecular complexity index is 482. The van der Waals surface area contributed by atoms with Crippen LogP contribution in [-0.2, 0) is 13.6 Å². The molecule has 0 bridgehead atoms. The van der Waals surface area contributed by atoms with Gasteiger partial charge in [0.2, 0.25) is 5.88 Å². The molecule has 90 valence electrons. The van der Waals surface area contributed by atoms with E-state index in [4.69, 9.17) is 4.74 Å². The molecule has 0 aliphatic carbocycles. The summed E-state index contributed by atoms with van der Waals surface area (Å²) in [4.78, 5) is 8.09. The standard InChI is InChI=1S/C11H15N5O/c1-3-12-7-9-4-5-13-10(6-9)17-11-14-8-16(2)15-11/h4-6,8,12H,3,7H2,1-2H3. The number of nitrogens with one attached hydrogen (secondary N) is 1. The molecule has 0 spiro atoms. The second-order valence-electron chi connectivity index (χ2n) is 3.59. The Hall–Kier alpha value is -1.95. The smallest absolute Gasteiger partial charge is 0.342 e. The Morgan fingerprint density at radius 3 is 3.00 bits per heavy atom. The van der Waals surface area contributed by atoms with Crippen molar-refractivity contribution in [3.05, 3.63) is 30.2 Å². The van der Waals surface area contributed by atoms with Gasteiger partial charge in [-0.25, -0.2) is 4.98 Å². The predicted octanol–water partition coefficient (Wildman–Crippen LogP) is 1.11. The molecule has 2 heterocycles. The Morgan fingerprint density at radius 2 is 2.29 bits per heavy atom. The van der Waals surface area contributed by atoms with Gasteiger partial charge in [-0.15, -0.1) is 5.10 Å². The summed E-state index contributed by atoms with van der Waals surface area (Å²) in [6.07, 6.45) is 3.29. The van der Waals surface area contributed by atoms with Crippen molar-refractivity contribution >= 4 is 0 Å². The van der Waals surface area contributed by atoms with Gasteiger partial charge in [0.15, 0.2) is 0 Å². The summed E-state index contributed by atoms with van der Waals surface area (Å²) in [6.45, 7) is 3.79. The minimum Gasteiger partial charge on any atom is -0.404 e. The molecule has 0 atom stereocenters. The van der Waals surface area contributed by atoms with Crippen molar-refractivity contribution in [3.8, 4) is 11.9 Å². The van der Waals surface area contributed by atoms with Crippen LogP contribution in [0.3, 0.4) is 0 Å². The van der Waals surface area contributed by atoms with Crippen LogP contribution in [0.5, 0.6) is 11.9 Å². The Morgan fingerprint density at radius 1 is 1.41 bits per heavy atom. The summed E-state index contributed by atoms with van der Waals surface area (Å²) in [5, 5.41) is 7.27. The molecule has 0 saturated carbocycles. The maximum Gasteiger partial charge on any atom is 0.342 e. The van der Waals surface area contributed by atoms with Crippen LogP contribution in [0.25, 0.3) is 0 Å². The first-order valence-electron chi connectivity index (χ1n) is 5.47. The summed E-state index contributed by atoms with van der Waals surface area (Å²) in [7, 11) is 1.79. The van der Waals surface area contributed by atoms with Crippen LogP contribution >= 0.6 is 0 Å². The number of hydrogen-bond donors (Lipinski definition) is 1. The van der Waals surface area contributed by atoms with Gasteiger partial charge in [0.05, 0.1) is 0 Å². The first kappa shape index (κ1) is 11.5. The van der Waals surface area contributed by atoms with Crippen LogP contribution in [0.1, 0.15) is 12.5 Å². The molecular formula is C11H15N5O. The lowest BCUT2D eigenvalue weighted by molar-refractivity contribution is 0.421. The van der Waals surface area contributed by atoms with E-state index in [0.717, 1.165) is 18.7 Å². The fourth-order valence-electron chi connectivity index (χ4n) is 1.35. The average Bonchev–Trinajstić information content (AvgIpc) is 2.73. The topological polar surface area (TPSA) is 64.9 Å². The minimum atomic E-state index is 0.306. The molecule has 0 unspecified atom stereocenters. The van der Waals surface area contributed by atoms with E-state index in [1.165, 1.54) is 0 Å². The molecular weight excluding hydrogens is 218 g/mol. The number of aryl methyl sites for hydroxylation is 1. The predicted molar refractivity (Wildman–Crippen MR) is 62.7 cm³/mol. The van der Waals surface area contributed by atoms with Crippen LogP contribution in [0.4, 0.5) is 0 Å². The molecule has 2 rings (SSSR count). The Kier molecular flexibility index (Phi) is 3.66. The molecule has 0 aliphatic rings. The van der Waals surface area contributed by atoms with E-state index in [-0.39, 0.29) is 0 Å². The van der Waals surface area contributed by atoms with Gasteiger partial charge in [-0.2, -0.15) is 4.98 Å². The summed E-state index contributed by atoms with van der Waals surface area (Å²) >= 11 is 0. The third-order valence-electron chi connectivity index (χ3n) is 2.15. The van der Waals surface area contributed by atoms with E-state index in [1.54, 1.807) is 24.3 Å². The van der Waals surface area contributed by atoms with E-state index in [2.05, 4.69) is 27.3 Å². The largest absolute Gasteiger partial charge is 0.404 e. The lowest BCUT2D eigenvalue weighted by Crippen LogP contribution is -2.11. The first-order valence-corrected chi connectivity index (χ1v) is 5.47. The van der Waals surface area contributed by atoms with Crippen LogP contribution in [0, 0.1) is 0 Å². The van der Waals surface area contributed by atoms with Gasteiger partial charge in [0.1, 0.15) is 6.33 Å². The van der Waals surface area contributed by atoms with Crippen molar-refractivity contribution in [1.29, 1.82) is 0 Å². The van der Waals surface area contributed by atoms with Gasteiger partial charge in [-0.3, -0.25) is 4.68 Å². The van der Waals surface area contributed by atoms with E-state index in [1.807, 2.05) is 12.1 Å². The lowest BCUT2D eigenvalue weighted by atomic mass is 10.2. The molecule has 0 fully saturated rings. The van der Waals surface area contributed by atoms with Crippen molar-refractivity contribution in [2.45, 2.75) is 13.5 Å². The molecule has 2 aromatic rings. The highest BCUT2D eigenvalue weighted by Crippen LogP contribution is 2.15. The van der Waals surface area contributed by atoms with Crippen LogP contribution in [0.15, 0.2) is 24.7 Å². The van der Waals surface area contributed by atoms with E-state index < -0.39 is 0 Å². The number of hydrogen-bond acceptors (Lipinski definition) is 5. The highest BCUT2D eigenvalue weighted by atomic mass is 16.5. The van der Waals surface area contributed by atoms with Gasteiger partial charge in [-0.05, 0) is 18.2 Å². The molecule has 17 heavy (non-hydrogen) atoms. The number of ether oxygens (including phenoxy) is 1. The molecule has 0 radical (unpaired) electrons. The lowest BCUT2D eigenvalue weighted by Gasteiger charge is -2.04. The third-order valence-corrected chi connectivity index (χ3v) is 2.15. The fourth-order valence-corrected chi connectivity index (χ4v) is 1.35. The van der Waals surface area contributed by atoms with Crippen LogP contribution in [0.2, 0.25) is 0 Å². The molecule has 6 heteroatoms. The second kappa shape index (κ2) is 5.40. The van der Waals surface area contributed by atoms with Crippen molar-refractivity contribution in [2.24, 2.45) is 7.05 Å². The van der Waals surface area contributed by atoms with Crippen LogP contribution < -0.4 is 10.1 Å². The molecule has 0 saturated heterocycles. The van der Waals surface area contributed by atoms with Crippen molar-refractivity contribution < 1.29 is 4.74 Å². The quantitative estimate of drug-likeness (QED) is 0.838. The summed E-state index contributed by atoms with van der Waals surface area (Å²) in [5.41, 5.74) is 1.12. The van der Waals surface area contributed by atoms with Crippen molar-refractivity contribution in [3.63, 3.8) is 0 Å². The SMILES string of the molecule is CCNCc1ccnc(Oc2ncn(C)n2)c1. The molecule has 0 amide bonds. The van der Waals surface area contributed by atoms with E-state index in [0.29, 0.717) is 11.9 Å². The Balaban J connectivity index is 2.05. The maximum atomic E-state index is 5.44. The van der Waals surface area contributed by atoms with Crippen LogP contribution in [-0.4, -0.2) is 26.3 Å². The third kappa shape index (κ3) is 3.25. The normalized spacial score (nSPS) is 10.5. The van der Waals surface area contributed by atoms with E-state index in [9.17, 15) is 0 Å². The zero-order chi connectivity index (χ0) is 12.1. The molecule has 1 N–H and O–H groups in total. The van der Waals surface area contributed by atoms with Gasteiger partial charge in [-0.1, -0.05) is 6.92 Å². The molecule has 2 aromatic heterocycles. The van der Waals surface area contributed by atoms with E-state index >= 15 is 0 Å². The summed E-state index contributed by atoms with van der Waals surface area (Å²) in [6, 6.07) is 4.13. The van der Waals surface area contributed by atoms with Gasteiger partial charge in [0, 0.05) is 25.9 Å². The number of nitrogens with zero attached hydrogens (tertiary/aromatic N) is 4. The summed E-state index contributed by atoms with van der Waals surface area (Å²) < 4.78 is 7.02. The highest BCUT2D eigenvalue weighted by molar-refractivity contribution is 5.22. The van der Waals surface area contributed by atoms with Crippen molar-refractivity contribution in [1.82, 2.24) is 25.1 Å². The highest BCUT2D eigenvalue weighted by Gasteiger charge is 2.03. The summed E-state index contributed by atoms with van der Waals surface area (Å²) in [5.74, 6) is 0.506. The second-order valence-corrected chi connectivity index (χ2v) is 3.59. The number of aromatic nitrogens is 4. The zero-order valence-electron chi connectivity index (χ0n) is 9.92. The molecule has 0 aromatic carbocycles. The van der Waals surface area contributed by atoms with Crippen molar-refractivity contribution in [2.75, 3.05) is 6.54 Å². The monoisotopic (exact) mass is 233 g/mol. The number of pyridine rings is 1. The molecule has 6 nitrogen and oxygen atoms in total. The van der Waals surface area contributed by atoms with Gasteiger partial charge >= 0.3 is 6.01 Å². The van der Waals surface area contributed by atoms with Gasteiger partial charge in [0.25, 0.3) is 0 Å². The maximum absolute atomic E-state index is 5.44. The first-order chi connectivity index (χ1) is 8.28.